The van der Waals surface area contributed by atoms with Gasteiger partial charge in [0.15, 0.2) is 0 Å². The van der Waals surface area contributed by atoms with Gasteiger partial charge in [-0.3, -0.25) is 0 Å². The van der Waals surface area contributed by atoms with E-state index >= 15 is 0 Å². The van der Waals surface area contributed by atoms with E-state index in [0.717, 1.165) is 24.8 Å². The minimum atomic E-state index is -0.539. The van der Waals surface area contributed by atoms with Crippen molar-refractivity contribution in [3.63, 3.8) is 0 Å². The molecular weight excluding hydrogens is 282 g/mol. The zero-order valence-electron chi connectivity index (χ0n) is 13.6. The van der Waals surface area contributed by atoms with Crippen LogP contribution in [0.2, 0.25) is 0 Å². The number of carbonyl (C=O) groups is 2. The Kier molecular flexibility index (Phi) is 4.44. The van der Waals surface area contributed by atoms with Crippen LogP contribution in [0, 0.1) is 0 Å². The van der Waals surface area contributed by atoms with Crippen LogP contribution in [0.1, 0.15) is 56.0 Å². The van der Waals surface area contributed by atoms with Crippen LogP contribution < -0.4 is 5.32 Å². The second-order valence-electron chi connectivity index (χ2n) is 6.63. The Hall–Kier alpha value is -2.04. The summed E-state index contributed by atoms with van der Waals surface area (Å²) < 4.78 is 10.1. The highest BCUT2D eigenvalue weighted by atomic mass is 16.6. The van der Waals surface area contributed by atoms with Crippen LogP contribution in [0.3, 0.4) is 0 Å². The zero-order chi connectivity index (χ0) is 16.4. The third kappa shape index (κ3) is 3.59. The molecular formula is C17H23NO4. The molecule has 1 amide bonds. The van der Waals surface area contributed by atoms with Crippen molar-refractivity contribution in [1.82, 2.24) is 5.32 Å². The van der Waals surface area contributed by atoms with Gasteiger partial charge in [-0.1, -0.05) is 12.1 Å². The van der Waals surface area contributed by atoms with Gasteiger partial charge in [-0.05, 0) is 57.7 Å². The lowest BCUT2D eigenvalue weighted by Crippen LogP contribution is -2.52. The first kappa shape index (κ1) is 16.3. The summed E-state index contributed by atoms with van der Waals surface area (Å²) in [5.41, 5.74) is 0.402. The van der Waals surface area contributed by atoms with Crippen molar-refractivity contribution in [3.8, 4) is 0 Å². The molecule has 0 saturated heterocycles. The Labute approximate surface area is 131 Å². The van der Waals surface area contributed by atoms with Crippen molar-refractivity contribution in [2.24, 2.45) is 0 Å². The Morgan fingerprint density at radius 3 is 2.41 bits per heavy atom. The average molecular weight is 305 g/mol. The number of nitrogens with one attached hydrogen (secondary N) is 1. The lowest BCUT2D eigenvalue weighted by molar-refractivity contribution is 0.0377. The van der Waals surface area contributed by atoms with E-state index in [1.54, 1.807) is 18.2 Å². The van der Waals surface area contributed by atoms with Crippen molar-refractivity contribution in [3.05, 3.63) is 35.4 Å². The molecule has 5 nitrogen and oxygen atoms in total. The maximum atomic E-state index is 12.1. The van der Waals surface area contributed by atoms with Gasteiger partial charge in [0, 0.05) is 0 Å². The minimum absolute atomic E-state index is 0.381. The summed E-state index contributed by atoms with van der Waals surface area (Å²) in [5, 5.41) is 2.97. The smallest absolute Gasteiger partial charge is 0.408 e. The van der Waals surface area contributed by atoms with Gasteiger partial charge >= 0.3 is 12.1 Å². The predicted molar refractivity (Wildman–Crippen MR) is 82.7 cm³/mol. The van der Waals surface area contributed by atoms with E-state index in [1.165, 1.54) is 7.11 Å². The van der Waals surface area contributed by atoms with Gasteiger partial charge in [0.2, 0.25) is 0 Å². The average Bonchev–Trinajstić information content (AvgIpc) is 2.40. The number of esters is 1. The highest BCUT2D eigenvalue weighted by Crippen LogP contribution is 2.41. The standard InChI is InChI=1S/C17H23NO4/c1-16(2,3)22-15(20)18-17(9-6-10-17)13-8-5-7-12(11-13)14(19)21-4/h5,7-8,11H,6,9-10H2,1-4H3,(H,18,20). The second kappa shape index (κ2) is 5.99. The molecule has 120 valence electrons. The number of amides is 1. The number of ether oxygens (including phenoxy) is 2. The molecule has 1 aliphatic carbocycles. The molecule has 0 bridgehead atoms. The first-order chi connectivity index (χ1) is 10.3. The molecule has 1 aliphatic rings. The SMILES string of the molecule is COC(=O)c1cccc(C2(NC(=O)OC(C)(C)C)CCC2)c1. The molecule has 5 heteroatoms. The van der Waals surface area contributed by atoms with Crippen LogP contribution in [0.15, 0.2) is 24.3 Å². The number of alkyl carbamates (subject to hydrolysis) is 1. The van der Waals surface area contributed by atoms with E-state index < -0.39 is 17.2 Å². The van der Waals surface area contributed by atoms with Gasteiger partial charge < -0.3 is 14.8 Å². The van der Waals surface area contributed by atoms with E-state index in [-0.39, 0.29) is 5.97 Å². The molecule has 0 aromatic heterocycles. The molecule has 2 rings (SSSR count). The van der Waals surface area contributed by atoms with E-state index in [9.17, 15) is 9.59 Å². The van der Waals surface area contributed by atoms with Crippen molar-refractivity contribution < 1.29 is 19.1 Å². The van der Waals surface area contributed by atoms with Gasteiger partial charge in [-0.2, -0.15) is 0 Å². The maximum Gasteiger partial charge on any atom is 0.408 e. The Morgan fingerprint density at radius 1 is 1.23 bits per heavy atom. The second-order valence-corrected chi connectivity index (χ2v) is 6.63. The number of methoxy groups -OCH3 is 1. The first-order valence-corrected chi connectivity index (χ1v) is 7.46. The van der Waals surface area contributed by atoms with Gasteiger partial charge in [0.1, 0.15) is 5.60 Å². The molecule has 1 fully saturated rings. The van der Waals surface area contributed by atoms with Gasteiger partial charge in [0.05, 0.1) is 18.2 Å². The molecule has 0 atom stereocenters. The summed E-state index contributed by atoms with van der Waals surface area (Å²) in [7, 11) is 1.35. The zero-order valence-corrected chi connectivity index (χ0v) is 13.6. The molecule has 22 heavy (non-hydrogen) atoms. The van der Waals surface area contributed by atoms with Crippen LogP contribution in [0.4, 0.5) is 4.79 Å². The third-order valence-corrected chi connectivity index (χ3v) is 3.78. The molecule has 0 unspecified atom stereocenters. The van der Waals surface area contributed by atoms with E-state index in [0.29, 0.717) is 5.56 Å². The molecule has 0 heterocycles. The number of benzene rings is 1. The number of rotatable bonds is 3. The predicted octanol–water partition coefficient (Wildman–Crippen LogP) is 3.38. The van der Waals surface area contributed by atoms with Gasteiger partial charge in [-0.25, -0.2) is 9.59 Å². The maximum absolute atomic E-state index is 12.1. The van der Waals surface area contributed by atoms with Crippen LogP contribution in [0.25, 0.3) is 0 Å². The van der Waals surface area contributed by atoms with E-state index in [2.05, 4.69) is 5.32 Å². The molecule has 1 aromatic rings. The van der Waals surface area contributed by atoms with Crippen molar-refractivity contribution in [1.29, 1.82) is 0 Å². The largest absolute Gasteiger partial charge is 0.465 e. The topological polar surface area (TPSA) is 64.6 Å². The van der Waals surface area contributed by atoms with Crippen LogP contribution in [-0.2, 0) is 15.0 Å². The number of hydrogen-bond acceptors (Lipinski definition) is 4. The van der Waals surface area contributed by atoms with Crippen molar-refractivity contribution in [2.75, 3.05) is 7.11 Å². The van der Waals surface area contributed by atoms with Crippen molar-refractivity contribution in [2.45, 2.75) is 51.2 Å². The third-order valence-electron chi connectivity index (χ3n) is 3.78. The molecule has 1 saturated carbocycles. The summed E-state index contributed by atoms with van der Waals surface area (Å²) in [6.45, 7) is 5.49. The fourth-order valence-corrected chi connectivity index (χ4v) is 2.58. The Balaban J connectivity index is 2.20. The first-order valence-electron chi connectivity index (χ1n) is 7.46. The highest BCUT2D eigenvalue weighted by molar-refractivity contribution is 5.89. The number of hydrogen-bond donors (Lipinski definition) is 1. The summed E-state index contributed by atoms with van der Waals surface area (Å²) in [5.74, 6) is -0.381. The Morgan fingerprint density at radius 2 is 1.91 bits per heavy atom. The van der Waals surface area contributed by atoms with Gasteiger partial charge in [-0.15, -0.1) is 0 Å². The normalized spacial score (nSPS) is 16.4. The van der Waals surface area contributed by atoms with Crippen LogP contribution >= 0.6 is 0 Å². The molecule has 1 N–H and O–H groups in total. The number of carbonyl (C=O) groups excluding carboxylic acids is 2. The van der Waals surface area contributed by atoms with Gasteiger partial charge in [0.25, 0.3) is 0 Å². The lowest BCUT2D eigenvalue weighted by Gasteiger charge is -2.43. The highest BCUT2D eigenvalue weighted by Gasteiger charge is 2.41. The lowest BCUT2D eigenvalue weighted by atomic mass is 9.71. The van der Waals surface area contributed by atoms with Crippen molar-refractivity contribution >= 4 is 12.1 Å². The fraction of sp³-hybridized carbons (Fsp3) is 0.529. The summed E-state index contributed by atoms with van der Waals surface area (Å²) in [6.07, 6.45) is 2.25. The summed E-state index contributed by atoms with van der Waals surface area (Å²) in [4.78, 5) is 23.8. The fourth-order valence-electron chi connectivity index (χ4n) is 2.58. The molecule has 0 aliphatic heterocycles. The molecule has 0 spiro atoms. The van der Waals surface area contributed by atoms with Crippen LogP contribution in [-0.4, -0.2) is 24.8 Å². The monoisotopic (exact) mass is 305 g/mol. The Bertz CT molecular complexity index is 570. The summed E-state index contributed by atoms with van der Waals surface area (Å²) >= 11 is 0. The summed E-state index contributed by atoms with van der Waals surface area (Å²) in [6, 6.07) is 7.21. The van der Waals surface area contributed by atoms with E-state index in [4.69, 9.17) is 9.47 Å². The molecule has 0 radical (unpaired) electrons. The minimum Gasteiger partial charge on any atom is -0.465 e. The molecule has 1 aromatic carbocycles. The van der Waals surface area contributed by atoms with Crippen LogP contribution in [0.5, 0.6) is 0 Å². The van der Waals surface area contributed by atoms with E-state index in [1.807, 2.05) is 26.8 Å². The quantitative estimate of drug-likeness (QED) is 0.870.